The number of nitrogens with zero attached hydrogens (tertiary/aromatic N) is 3. The molecule has 0 aromatic rings. The Kier molecular flexibility index (Phi) is 9.02. The van der Waals surface area contributed by atoms with Gasteiger partial charge in [-0.25, -0.2) is 17.5 Å². The molecule has 1 aliphatic rings. The van der Waals surface area contributed by atoms with Crippen LogP contribution in [-0.2, 0) is 14.8 Å². The Morgan fingerprint density at radius 3 is 2.41 bits per heavy atom. The highest BCUT2D eigenvalue weighted by atomic mass is 32.2. The highest BCUT2D eigenvalue weighted by Gasteiger charge is 2.29. The first-order valence-electron chi connectivity index (χ1n) is 9.94. The Morgan fingerprint density at radius 1 is 1.26 bits per heavy atom. The lowest BCUT2D eigenvalue weighted by molar-refractivity contribution is 0.0120. The molecule has 7 nitrogen and oxygen atoms in total. The van der Waals surface area contributed by atoms with Crippen molar-refractivity contribution in [2.24, 2.45) is 5.92 Å². The van der Waals surface area contributed by atoms with Gasteiger partial charge in [-0.1, -0.05) is 0 Å². The average molecular weight is 406 g/mol. The van der Waals surface area contributed by atoms with Crippen molar-refractivity contribution in [2.75, 3.05) is 46.0 Å². The Hall–Kier alpha value is -0.860. The monoisotopic (exact) mass is 405 g/mol. The van der Waals surface area contributed by atoms with Gasteiger partial charge in [0.25, 0.3) is 0 Å². The summed E-state index contributed by atoms with van der Waals surface area (Å²) in [4.78, 5) is 16.7. The zero-order valence-corrected chi connectivity index (χ0v) is 19.0. The van der Waals surface area contributed by atoms with E-state index in [1.807, 2.05) is 39.5 Å². The number of carbonyl (C=O) groups excluding carboxylic acids is 1. The normalized spacial score (nSPS) is 19.5. The van der Waals surface area contributed by atoms with Crippen LogP contribution in [0.3, 0.4) is 0 Å². The van der Waals surface area contributed by atoms with E-state index in [-0.39, 0.29) is 17.9 Å². The van der Waals surface area contributed by atoms with E-state index in [2.05, 4.69) is 4.90 Å². The van der Waals surface area contributed by atoms with Gasteiger partial charge < -0.3 is 14.5 Å². The average Bonchev–Trinajstić information content (AvgIpc) is 2.50. The van der Waals surface area contributed by atoms with Gasteiger partial charge in [-0.3, -0.25) is 0 Å². The second-order valence-corrected chi connectivity index (χ2v) is 11.3. The Labute approximate surface area is 166 Å². The second kappa shape index (κ2) is 10.1. The van der Waals surface area contributed by atoms with Crippen molar-refractivity contribution in [1.29, 1.82) is 0 Å². The number of amides is 1. The number of hydrogen-bond acceptors (Lipinski definition) is 5. The van der Waals surface area contributed by atoms with Crippen molar-refractivity contribution in [1.82, 2.24) is 14.1 Å². The summed E-state index contributed by atoms with van der Waals surface area (Å²) in [7, 11) is 0.0115. The fourth-order valence-electron chi connectivity index (χ4n) is 3.25. The van der Waals surface area contributed by atoms with E-state index in [0.717, 1.165) is 32.5 Å². The lowest BCUT2D eigenvalue weighted by atomic mass is 9.97. The summed E-state index contributed by atoms with van der Waals surface area (Å²) in [5.74, 6) is 0.566. The summed E-state index contributed by atoms with van der Waals surface area (Å²) < 4.78 is 30.6. The van der Waals surface area contributed by atoms with Crippen molar-refractivity contribution in [3.63, 3.8) is 0 Å². The third-order valence-electron chi connectivity index (χ3n) is 4.74. The van der Waals surface area contributed by atoms with Crippen LogP contribution >= 0.6 is 0 Å². The number of carbonyl (C=O) groups is 1. The molecular formula is C19H39N3O4S. The fraction of sp³-hybridized carbons (Fsp3) is 0.947. The minimum absolute atomic E-state index is 0.0838. The van der Waals surface area contributed by atoms with Crippen LogP contribution in [0.15, 0.2) is 0 Å². The van der Waals surface area contributed by atoms with Crippen molar-refractivity contribution in [3.05, 3.63) is 0 Å². The molecule has 1 saturated heterocycles. The van der Waals surface area contributed by atoms with Crippen LogP contribution in [0.1, 0.15) is 53.9 Å². The predicted octanol–water partition coefficient (Wildman–Crippen LogP) is 2.63. The van der Waals surface area contributed by atoms with E-state index in [0.29, 0.717) is 18.9 Å². The first kappa shape index (κ1) is 24.2. The Bertz CT molecular complexity index is 570. The maximum absolute atomic E-state index is 12.5. The molecule has 8 heteroatoms. The van der Waals surface area contributed by atoms with Crippen LogP contribution in [0.2, 0.25) is 0 Å². The molecule has 0 aromatic heterocycles. The maximum atomic E-state index is 12.5. The van der Waals surface area contributed by atoms with Gasteiger partial charge >= 0.3 is 6.09 Å². The van der Waals surface area contributed by atoms with E-state index >= 15 is 0 Å². The van der Waals surface area contributed by atoms with Gasteiger partial charge in [0.15, 0.2) is 0 Å². The Morgan fingerprint density at radius 2 is 1.89 bits per heavy atom. The van der Waals surface area contributed by atoms with Crippen LogP contribution in [0.5, 0.6) is 0 Å². The van der Waals surface area contributed by atoms with Crippen molar-refractivity contribution < 1.29 is 17.9 Å². The number of hydrogen-bond donors (Lipinski definition) is 0. The molecule has 0 aromatic carbocycles. The SMILES string of the molecule is CC(C)N(CC1CCCN(CCCS(=O)(=O)N(C)C)C1)C(=O)OC(C)(C)C. The Balaban J connectivity index is 2.56. The molecule has 1 fully saturated rings. The molecule has 0 bridgehead atoms. The largest absolute Gasteiger partial charge is 0.444 e. The summed E-state index contributed by atoms with van der Waals surface area (Å²) >= 11 is 0. The van der Waals surface area contributed by atoms with E-state index in [1.54, 1.807) is 14.1 Å². The van der Waals surface area contributed by atoms with Gasteiger partial charge in [-0.15, -0.1) is 0 Å². The highest BCUT2D eigenvalue weighted by Crippen LogP contribution is 2.21. The van der Waals surface area contributed by atoms with Gasteiger partial charge in [0.05, 0.1) is 5.75 Å². The topological polar surface area (TPSA) is 70.2 Å². The molecule has 1 heterocycles. The summed E-state index contributed by atoms with van der Waals surface area (Å²) in [5, 5.41) is 0. The number of piperidine rings is 1. The third-order valence-corrected chi connectivity index (χ3v) is 6.66. The molecular weight excluding hydrogens is 366 g/mol. The van der Waals surface area contributed by atoms with Crippen molar-refractivity contribution in [3.8, 4) is 0 Å². The zero-order valence-electron chi connectivity index (χ0n) is 18.2. The van der Waals surface area contributed by atoms with Gasteiger partial charge in [0.1, 0.15) is 5.60 Å². The number of ether oxygens (including phenoxy) is 1. The molecule has 0 saturated carbocycles. The number of rotatable bonds is 8. The molecule has 0 spiro atoms. The highest BCUT2D eigenvalue weighted by molar-refractivity contribution is 7.89. The van der Waals surface area contributed by atoms with Crippen LogP contribution < -0.4 is 0 Å². The number of sulfonamides is 1. The van der Waals surface area contributed by atoms with E-state index in [9.17, 15) is 13.2 Å². The summed E-state index contributed by atoms with van der Waals surface area (Å²) in [6.07, 6.45) is 2.53. The zero-order chi connectivity index (χ0) is 20.8. The molecule has 0 aliphatic carbocycles. The van der Waals surface area contributed by atoms with E-state index < -0.39 is 15.6 Å². The molecule has 1 unspecified atom stereocenters. The first-order valence-corrected chi connectivity index (χ1v) is 11.5. The van der Waals surface area contributed by atoms with E-state index in [1.165, 1.54) is 4.31 Å². The first-order chi connectivity index (χ1) is 12.3. The van der Waals surface area contributed by atoms with Crippen LogP contribution in [0.4, 0.5) is 4.79 Å². The number of likely N-dealkylation sites (tertiary alicyclic amines) is 1. The summed E-state index contributed by atoms with van der Waals surface area (Å²) in [6.45, 7) is 13.0. The molecule has 27 heavy (non-hydrogen) atoms. The molecule has 160 valence electrons. The van der Waals surface area contributed by atoms with E-state index in [4.69, 9.17) is 4.74 Å². The van der Waals surface area contributed by atoms with Gasteiger partial charge in [-0.2, -0.15) is 0 Å². The fourth-order valence-corrected chi connectivity index (χ4v) is 4.11. The smallest absolute Gasteiger partial charge is 0.410 e. The molecule has 1 rings (SSSR count). The quantitative estimate of drug-likeness (QED) is 0.621. The van der Waals surface area contributed by atoms with Crippen molar-refractivity contribution >= 4 is 16.1 Å². The van der Waals surface area contributed by atoms with Crippen molar-refractivity contribution in [2.45, 2.75) is 65.5 Å². The lowest BCUT2D eigenvalue weighted by Crippen LogP contribution is -2.47. The van der Waals surface area contributed by atoms with Gasteiger partial charge in [-0.05, 0) is 72.9 Å². The minimum Gasteiger partial charge on any atom is -0.444 e. The summed E-state index contributed by atoms with van der Waals surface area (Å²) in [6, 6.07) is 0.0838. The molecule has 0 radical (unpaired) electrons. The minimum atomic E-state index is -3.13. The third kappa shape index (κ3) is 8.79. The predicted molar refractivity (Wildman–Crippen MR) is 109 cm³/mol. The lowest BCUT2D eigenvalue weighted by Gasteiger charge is -2.37. The molecule has 1 amide bonds. The standard InChI is InChI=1S/C19H39N3O4S/c1-16(2)22(18(23)26-19(3,4)5)15-17-10-8-11-21(14-17)12-9-13-27(24,25)20(6)7/h16-17H,8-15H2,1-7H3. The van der Waals surface area contributed by atoms with Gasteiger partial charge in [0, 0.05) is 33.2 Å². The molecule has 0 N–H and O–H groups in total. The van der Waals surface area contributed by atoms with Gasteiger partial charge in [0.2, 0.25) is 10.0 Å². The van der Waals surface area contributed by atoms with Crippen LogP contribution in [0.25, 0.3) is 0 Å². The van der Waals surface area contributed by atoms with Crippen LogP contribution in [-0.4, -0.2) is 86.3 Å². The van der Waals surface area contributed by atoms with Crippen LogP contribution in [0, 0.1) is 5.92 Å². The maximum Gasteiger partial charge on any atom is 0.410 e. The molecule has 1 atom stereocenters. The molecule has 1 aliphatic heterocycles. The second-order valence-electron chi connectivity index (χ2n) is 8.99. The summed E-state index contributed by atoms with van der Waals surface area (Å²) in [5.41, 5.74) is -0.499.